The summed E-state index contributed by atoms with van der Waals surface area (Å²) < 4.78 is 0. The minimum absolute atomic E-state index is 0.0991. The van der Waals surface area contributed by atoms with E-state index in [0.717, 1.165) is 22.0 Å². The Morgan fingerprint density at radius 3 is 2.62 bits per heavy atom. The van der Waals surface area contributed by atoms with E-state index in [-0.39, 0.29) is 5.69 Å². The van der Waals surface area contributed by atoms with Gasteiger partial charge in [-0.1, -0.05) is 31.7 Å². The van der Waals surface area contributed by atoms with Crippen LogP contribution in [0.1, 0.15) is 19.4 Å². The lowest BCUT2D eigenvalue weighted by Crippen LogP contribution is -2.22. The fraction of sp³-hybridized carbons (Fsp3) is 0.267. The Morgan fingerprint density at radius 2 is 2.00 bits per heavy atom. The molecular weight excluding hydrogens is 286 g/mol. The third-order valence-electron chi connectivity index (χ3n) is 2.81. The second-order valence-corrected chi connectivity index (χ2v) is 5.92. The zero-order valence-electron chi connectivity index (χ0n) is 11.9. The first-order valence-electron chi connectivity index (χ1n) is 6.66. The normalized spacial score (nSPS) is 10.8. The van der Waals surface area contributed by atoms with Crippen LogP contribution >= 0.6 is 11.8 Å². The predicted octanol–water partition coefficient (Wildman–Crippen LogP) is 3.64. The number of pyridine rings is 1. The fourth-order valence-corrected chi connectivity index (χ4v) is 2.59. The summed E-state index contributed by atoms with van der Waals surface area (Å²) in [6, 6.07) is 10.9. The summed E-state index contributed by atoms with van der Waals surface area (Å²) in [5.41, 5.74) is 1.22. The molecule has 1 aromatic heterocycles. The van der Waals surface area contributed by atoms with E-state index >= 15 is 0 Å². The van der Waals surface area contributed by atoms with E-state index in [4.69, 9.17) is 0 Å². The largest absolute Gasteiger partial charge is 0.310 e. The number of rotatable bonds is 6. The Kier molecular flexibility index (Phi) is 5.30. The molecular formula is C15H17N3O2S. The molecule has 21 heavy (non-hydrogen) atoms. The number of benzene rings is 1. The number of nitro benzene ring substituents is 1. The molecule has 0 aliphatic carbocycles. The minimum atomic E-state index is -0.396. The van der Waals surface area contributed by atoms with E-state index in [1.54, 1.807) is 18.3 Å². The third-order valence-corrected chi connectivity index (χ3v) is 3.88. The van der Waals surface area contributed by atoms with Crippen LogP contribution in [0.3, 0.4) is 0 Å². The molecule has 1 aromatic carbocycles. The second-order valence-electron chi connectivity index (χ2n) is 4.86. The van der Waals surface area contributed by atoms with E-state index in [2.05, 4.69) is 24.1 Å². The number of nitrogens with zero attached hydrogens (tertiary/aromatic N) is 2. The highest BCUT2D eigenvalue weighted by molar-refractivity contribution is 7.99. The summed E-state index contributed by atoms with van der Waals surface area (Å²) in [5.74, 6) is 0. The molecule has 6 heteroatoms. The van der Waals surface area contributed by atoms with E-state index in [1.165, 1.54) is 23.9 Å². The van der Waals surface area contributed by atoms with Crippen LogP contribution in [0.15, 0.2) is 52.5 Å². The van der Waals surface area contributed by atoms with Gasteiger partial charge in [-0.2, -0.15) is 0 Å². The molecule has 5 nitrogen and oxygen atoms in total. The molecule has 2 aromatic rings. The van der Waals surface area contributed by atoms with Gasteiger partial charge in [-0.05, 0) is 23.8 Å². The molecule has 1 N–H and O–H groups in total. The molecule has 0 aliphatic rings. The number of hydrogen-bond acceptors (Lipinski definition) is 5. The molecule has 0 saturated carbocycles. The lowest BCUT2D eigenvalue weighted by atomic mass is 10.2. The second kappa shape index (κ2) is 7.19. The van der Waals surface area contributed by atoms with Crippen molar-refractivity contribution in [2.75, 3.05) is 0 Å². The Balaban J connectivity index is 2.13. The van der Waals surface area contributed by atoms with E-state index in [0.29, 0.717) is 6.04 Å². The number of non-ortho nitro benzene ring substituents is 1. The maximum atomic E-state index is 10.7. The van der Waals surface area contributed by atoms with Gasteiger partial charge in [0.25, 0.3) is 5.69 Å². The lowest BCUT2D eigenvalue weighted by molar-refractivity contribution is -0.384. The quantitative estimate of drug-likeness (QED) is 0.652. The van der Waals surface area contributed by atoms with Crippen molar-refractivity contribution in [3.63, 3.8) is 0 Å². The SMILES string of the molecule is CC(C)NCc1cccnc1Sc1ccc([N+](=O)[O-])cc1. The lowest BCUT2D eigenvalue weighted by Gasteiger charge is -2.11. The van der Waals surface area contributed by atoms with Crippen molar-refractivity contribution >= 4 is 17.4 Å². The molecule has 0 amide bonds. The summed E-state index contributed by atoms with van der Waals surface area (Å²) in [4.78, 5) is 15.6. The fourth-order valence-electron chi connectivity index (χ4n) is 1.71. The van der Waals surface area contributed by atoms with Crippen molar-refractivity contribution in [3.8, 4) is 0 Å². The number of hydrogen-bond donors (Lipinski definition) is 1. The average Bonchev–Trinajstić information content (AvgIpc) is 2.47. The first-order chi connectivity index (χ1) is 10.1. The Labute approximate surface area is 127 Å². The molecule has 0 radical (unpaired) electrons. The van der Waals surface area contributed by atoms with Crippen LogP contribution in [0.5, 0.6) is 0 Å². The third kappa shape index (κ3) is 4.54. The first kappa shape index (κ1) is 15.5. The van der Waals surface area contributed by atoms with Crippen molar-refractivity contribution < 1.29 is 4.92 Å². The molecule has 0 spiro atoms. The molecule has 0 aliphatic heterocycles. The smallest absolute Gasteiger partial charge is 0.269 e. The van der Waals surface area contributed by atoms with Crippen LogP contribution in [-0.2, 0) is 6.54 Å². The molecule has 0 bridgehead atoms. The van der Waals surface area contributed by atoms with Gasteiger partial charge in [0.15, 0.2) is 0 Å². The highest BCUT2D eigenvalue weighted by Crippen LogP contribution is 2.29. The summed E-state index contributed by atoms with van der Waals surface area (Å²) in [6.07, 6.45) is 1.76. The van der Waals surface area contributed by atoms with Crippen LogP contribution in [0.4, 0.5) is 5.69 Å². The Morgan fingerprint density at radius 1 is 1.29 bits per heavy atom. The minimum Gasteiger partial charge on any atom is -0.310 e. The van der Waals surface area contributed by atoms with Crippen molar-refractivity contribution in [1.29, 1.82) is 0 Å². The summed E-state index contributed by atoms with van der Waals surface area (Å²) in [7, 11) is 0. The highest BCUT2D eigenvalue weighted by atomic mass is 32.2. The van der Waals surface area contributed by atoms with E-state index in [1.807, 2.05) is 12.1 Å². The molecule has 0 fully saturated rings. The highest BCUT2D eigenvalue weighted by Gasteiger charge is 2.08. The summed E-state index contributed by atoms with van der Waals surface area (Å²) >= 11 is 1.51. The Bertz CT molecular complexity index is 615. The van der Waals surface area contributed by atoms with Gasteiger partial charge < -0.3 is 5.32 Å². The van der Waals surface area contributed by atoms with Crippen molar-refractivity contribution in [3.05, 3.63) is 58.3 Å². The van der Waals surface area contributed by atoms with Gasteiger partial charge in [0, 0.05) is 35.8 Å². The van der Waals surface area contributed by atoms with Gasteiger partial charge in [0.05, 0.1) is 4.92 Å². The van der Waals surface area contributed by atoms with Crippen LogP contribution < -0.4 is 5.32 Å². The zero-order chi connectivity index (χ0) is 15.2. The van der Waals surface area contributed by atoms with E-state index < -0.39 is 4.92 Å². The zero-order valence-corrected chi connectivity index (χ0v) is 12.8. The molecule has 0 unspecified atom stereocenters. The molecule has 110 valence electrons. The van der Waals surface area contributed by atoms with Gasteiger partial charge in [-0.15, -0.1) is 0 Å². The van der Waals surface area contributed by atoms with Crippen LogP contribution in [0, 0.1) is 10.1 Å². The van der Waals surface area contributed by atoms with E-state index in [9.17, 15) is 10.1 Å². The van der Waals surface area contributed by atoms with Gasteiger partial charge in [-0.3, -0.25) is 10.1 Å². The van der Waals surface area contributed by atoms with Gasteiger partial charge in [0.1, 0.15) is 5.03 Å². The van der Waals surface area contributed by atoms with Crippen molar-refractivity contribution in [2.24, 2.45) is 0 Å². The average molecular weight is 303 g/mol. The van der Waals surface area contributed by atoms with Crippen molar-refractivity contribution in [1.82, 2.24) is 10.3 Å². The van der Waals surface area contributed by atoms with Crippen LogP contribution in [0.25, 0.3) is 0 Å². The first-order valence-corrected chi connectivity index (χ1v) is 7.47. The Hall–Kier alpha value is -1.92. The van der Waals surface area contributed by atoms with Gasteiger partial charge in [0.2, 0.25) is 0 Å². The standard InChI is InChI=1S/C15H17N3O2S/c1-11(2)17-10-12-4-3-9-16-15(12)21-14-7-5-13(6-8-14)18(19)20/h3-9,11,17H,10H2,1-2H3. The molecule has 0 atom stereocenters. The summed E-state index contributed by atoms with van der Waals surface area (Å²) in [6.45, 7) is 4.94. The van der Waals surface area contributed by atoms with Crippen molar-refractivity contribution in [2.45, 2.75) is 36.4 Å². The van der Waals surface area contributed by atoms with Gasteiger partial charge in [-0.25, -0.2) is 4.98 Å². The van der Waals surface area contributed by atoms with Crippen LogP contribution in [0.2, 0.25) is 0 Å². The number of nitrogens with one attached hydrogen (secondary N) is 1. The monoisotopic (exact) mass is 303 g/mol. The number of aromatic nitrogens is 1. The number of nitro groups is 1. The molecule has 0 saturated heterocycles. The molecule has 2 rings (SSSR count). The molecule has 1 heterocycles. The topological polar surface area (TPSA) is 68.1 Å². The van der Waals surface area contributed by atoms with Crippen LogP contribution in [-0.4, -0.2) is 15.9 Å². The predicted molar refractivity (Wildman–Crippen MR) is 83.4 cm³/mol. The maximum Gasteiger partial charge on any atom is 0.269 e. The maximum absolute atomic E-state index is 10.7. The van der Waals surface area contributed by atoms with Gasteiger partial charge >= 0.3 is 0 Å². The summed E-state index contributed by atoms with van der Waals surface area (Å²) in [5, 5.41) is 14.9.